The van der Waals surface area contributed by atoms with E-state index in [2.05, 4.69) is 54.0 Å². The molecule has 3 aromatic carbocycles. The molecule has 0 saturated heterocycles. The molecule has 14 nitrogen and oxygen atoms in total. The summed E-state index contributed by atoms with van der Waals surface area (Å²) in [7, 11) is 1.37. The Balaban J connectivity index is 0.000000149. The topological polar surface area (TPSA) is 165 Å². The van der Waals surface area contributed by atoms with Crippen LogP contribution in [-0.4, -0.2) is 72.1 Å². The molecule has 2 saturated carbocycles. The molecule has 6 aromatic heterocycles. The van der Waals surface area contributed by atoms with Crippen molar-refractivity contribution in [3.63, 3.8) is 0 Å². The van der Waals surface area contributed by atoms with Crippen LogP contribution in [0.1, 0.15) is 59.8 Å². The van der Waals surface area contributed by atoms with Crippen molar-refractivity contribution in [1.29, 1.82) is 0 Å². The van der Waals surface area contributed by atoms with Crippen LogP contribution in [0, 0.1) is 11.8 Å². The molecule has 9 aromatic rings. The summed E-state index contributed by atoms with van der Waals surface area (Å²) in [5.74, 6) is 2.58. The van der Waals surface area contributed by atoms with Gasteiger partial charge in [-0.05, 0) is 61.8 Å². The van der Waals surface area contributed by atoms with Crippen LogP contribution in [0.4, 0.5) is 0 Å². The van der Waals surface area contributed by atoms with Gasteiger partial charge in [0.25, 0.3) is 0 Å². The van der Waals surface area contributed by atoms with Crippen LogP contribution in [-0.2, 0) is 17.6 Å². The minimum atomic E-state index is -0.364. The molecule has 0 bridgehead atoms. The van der Waals surface area contributed by atoms with E-state index in [1.807, 2.05) is 85.7 Å². The summed E-state index contributed by atoms with van der Waals surface area (Å²) in [6.45, 7) is 0. The number of hydrogen-bond donors (Lipinski definition) is 0. The van der Waals surface area contributed by atoms with Gasteiger partial charge in [-0.15, -0.1) is 0 Å². The first-order valence-corrected chi connectivity index (χ1v) is 20.0. The lowest BCUT2D eigenvalue weighted by Crippen LogP contribution is -2.28. The fraction of sp³-hybridized carbons (Fsp3) is 0.250. The van der Waals surface area contributed by atoms with Crippen LogP contribution in [0.2, 0.25) is 5.15 Å². The van der Waals surface area contributed by atoms with Crippen molar-refractivity contribution in [2.75, 3.05) is 7.11 Å². The van der Waals surface area contributed by atoms with E-state index in [1.165, 1.54) is 13.4 Å². The van der Waals surface area contributed by atoms with Gasteiger partial charge < -0.3 is 13.9 Å². The van der Waals surface area contributed by atoms with Gasteiger partial charge in [-0.1, -0.05) is 60.1 Å². The Morgan fingerprint density at radius 2 is 1.17 bits per heavy atom. The van der Waals surface area contributed by atoms with Crippen LogP contribution in [0.25, 0.3) is 55.4 Å². The molecule has 15 heteroatoms. The molecular formula is C44H37ClN12O2. The standard InChI is InChI=1S/C26H22N6O2.C18H15ClN6/c1-34-26(33)18-8-6-17(7-9-18)23-24-25(29-14-28-23)32(15-30-24)20-10-16(11-20)12-22-27-13-19-4-2-3-5-21(19)31-22;19-17-16-18(22-9-21-17)25(10-23-16)13-5-11(6-13)7-15-20-8-12-3-1-2-4-14(12)24-15/h2-9,13-16,20H,10-12H2,1H3;1-4,8-11,13H,5-7H2. The molecule has 2 aliphatic carbocycles. The molecule has 292 valence electrons. The maximum Gasteiger partial charge on any atom is 0.337 e. The molecule has 2 fully saturated rings. The smallest absolute Gasteiger partial charge is 0.337 e. The van der Waals surface area contributed by atoms with Crippen LogP contribution < -0.4 is 0 Å². The van der Waals surface area contributed by atoms with Crippen molar-refractivity contribution < 1.29 is 9.53 Å². The van der Waals surface area contributed by atoms with E-state index in [1.54, 1.807) is 18.5 Å². The number of halogens is 1. The van der Waals surface area contributed by atoms with E-state index in [9.17, 15) is 4.79 Å². The third kappa shape index (κ3) is 7.20. The van der Waals surface area contributed by atoms with Crippen LogP contribution in [0.3, 0.4) is 0 Å². The van der Waals surface area contributed by atoms with Crippen LogP contribution in [0.5, 0.6) is 0 Å². The normalized spacial score (nSPS) is 18.6. The molecule has 0 unspecified atom stereocenters. The number of para-hydroxylation sites is 2. The highest BCUT2D eigenvalue weighted by Crippen LogP contribution is 2.42. The Labute approximate surface area is 342 Å². The zero-order valence-corrected chi connectivity index (χ0v) is 32.8. The third-order valence-corrected chi connectivity index (χ3v) is 11.8. The zero-order valence-electron chi connectivity index (χ0n) is 32.0. The molecule has 6 heterocycles. The number of carbonyl (C=O) groups excluding carboxylic acids is 1. The number of carbonyl (C=O) groups is 1. The van der Waals surface area contributed by atoms with E-state index in [0.29, 0.717) is 40.2 Å². The lowest BCUT2D eigenvalue weighted by Gasteiger charge is -2.35. The van der Waals surface area contributed by atoms with Crippen molar-refractivity contribution >= 4 is 61.7 Å². The van der Waals surface area contributed by atoms with Crippen molar-refractivity contribution in [2.24, 2.45) is 11.8 Å². The molecule has 0 radical (unpaired) electrons. The highest BCUT2D eigenvalue weighted by Gasteiger charge is 2.34. The number of ether oxygens (including phenoxy) is 1. The maximum absolute atomic E-state index is 11.7. The molecule has 2 aliphatic rings. The molecule has 0 aliphatic heterocycles. The van der Waals surface area contributed by atoms with Crippen LogP contribution in [0.15, 0.2) is 110 Å². The first-order valence-electron chi connectivity index (χ1n) is 19.6. The van der Waals surface area contributed by atoms with Crippen LogP contribution >= 0.6 is 11.6 Å². The number of fused-ring (bicyclic) bond motifs is 4. The molecule has 11 rings (SSSR count). The lowest BCUT2D eigenvalue weighted by molar-refractivity contribution is 0.0600. The van der Waals surface area contributed by atoms with Gasteiger partial charge in [0.1, 0.15) is 41.0 Å². The molecule has 0 spiro atoms. The molecule has 59 heavy (non-hydrogen) atoms. The quantitative estimate of drug-likeness (QED) is 0.107. The van der Waals surface area contributed by atoms with Gasteiger partial charge in [-0.2, -0.15) is 0 Å². The lowest BCUT2D eigenvalue weighted by atomic mass is 9.78. The second kappa shape index (κ2) is 15.5. The number of benzene rings is 3. The summed E-state index contributed by atoms with van der Waals surface area (Å²) in [5.41, 5.74) is 7.20. The highest BCUT2D eigenvalue weighted by molar-refractivity contribution is 6.33. The minimum absolute atomic E-state index is 0.347. The first kappa shape index (κ1) is 36.5. The number of aromatic nitrogens is 12. The summed E-state index contributed by atoms with van der Waals surface area (Å²) >= 11 is 6.08. The van der Waals surface area contributed by atoms with E-state index in [4.69, 9.17) is 21.3 Å². The Kier molecular flexibility index (Phi) is 9.61. The number of rotatable bonds is 8. The summed E-state index contributed by atoms with van der Waals surface area (Å²) in [6.07, 6.45) is 16.6. The van der Waals surface area contributed by atoms with E-state index in [-0.39, 0.29) is 5.97 Å². The fourth-order valence-electron chi connectivity index (χ4n) is 8.23. The average Bonchev–Trinajstić information content (AvgIpc) is 3.88. The SMILES string of the molecule is COC(=O)c1ccc(-c2ncnc3c2ncn3C2CC(Cc3ncc4ccccc4n3)C2)cc1.Clc1ncnc2c1ncn2C1CC(Cc2ncc3ccccc3n2)C1. The van der Waals surface area contributed by atoms with E-state index in [0.717, 1.165) is 100 Å². The predicted octanol–water partition coefficient (Wildman–Crippen LogP) is 8.03. The number of esters is 1. The van der Waals surface area contributed by atoms with Gasteiger partial charge in [0, 0.05) is 53.7 Å². The Hall–Kier alpha value is -6.80. The minimum Gasteiger partial charge on any atom is -0.465 e. The van der Waals surface area contributed by atoms with E-state index >= 15 is 0 Å². The number of imidazole rings is 2. The summed E-state index contributed by atoms with van der Waals surface area (Å²) in [5, 5.41) is 2.56. The van der Waals surface area contributed by atoms with E-state index < -0.39 is 0 Å². The average molecular weight is 801 g/mol. The molecule has 0 atom stereocenters. The largest absolute Gasteiger partial charge is 0.465 e. The summed E-state index contributed by atoms with van der Waals surface area (Å²) in [4.78, 5) is 56.5. The zero-order chi connectivity index (χ0) is 39.9. The third-order valence-electron chi connectivity index (χ3n) is 11.5. The van der Waals surface area contributed by atoms with Gasteiger partial charge in [-0.3, -0.25) is 0 Å². The first-order chi connectivity index (χ1) is 29.0. The monoisotopic (exact) mass is 800 g/mol. The summed E-state index contributed by atoms with van der Waals surface area (Å²) < 4.78 is 9.04. The van der Waals surface area contributed by atoms with Gasteiger partial charge in [-0.25, -0.2) is 54.6 Å². The summed E-state index contributed by atoms with van der Waals surface area (Å²) in [6, 6.07) is 24.1. The van der Waals surface area contributed by atoms with Crippen molar-refractivity contribution in [3.8, 4) is 11.3 Å². The second-order valence-corrected chi connectivity index (χ2v) is 15.5. The highest BCUT2D eigenvalue weighted by atomic mass is 35.5. The second-order valence-electron chi connectivity index (χ2n) is 15.2. The van der Waals surface area contributed by atoms with Gasteiger partial charge in [0.15, 0.2) is 16.4 Å². The molecular weight excluding hydrogens is 764 g/mol. The maximum atomic E-state index is 11.7. The predicted molar refractivity (Wildman–Crippen MR) is 222 cm³/mol. The van der Waals surface area contributed by atoms with Gasteiger partial charge >= 0.3 is 5.97 Å². The Morgan fingerprint density at radius 3 is 1.75 bits per heavy atom. The Bertz CT molecular complexity index is 2980. The number of nitrogens with zero attached hydrogens (tertiary/aromatic N) is 12. The van der Waals surface area contributed by atoms with Gasteiger partial charge in [0.2, 0.25) is 0 Å². The molecule has 0 amide bonds. The number of hydrogen-bond acceptors (Lipinski definition) is 12. The van der Waals surface area contributed by atoms with Crippen molar-refractivity contribution in [3.05, 3.63) is 133 Å². The van der Waals surface area contributed by atoms with Crippen molar-refractivity contribution in [2.45, 2.75) is 50.6 Å². The fourth-order valence-corrected chi connectivity index (χ4v) is 8.40. The number of methoxy groups -OCH3 is 1. The molecule has 0 N–H and O–H groups in total. The van der Waals surface area contributed by atoms with Gasteiger partial charge in [0.05, 0.1) is 36.4 Å². The van der Waals surface area contributed by atoms with Crippen molar-refractivity contribution in [1.82, 2.24) is 59.0 Å². The Morgan fingerprint density at radius 1 is 0.644 bits per heavy atom.